The SMILES string of the molecule is C=CCc1cc2c(cc1O)CC[C@@H]1[C@@H]2CC[C@]2(C)C(=O)C(F)CC[C@@H]12. The number of alkyl halides is 1. The molecule has 2 nitrogen and oxygen atoms in total. The van der Waals surface area contributed by atoms with E-state index >= 15 is 0 Å². The summed E-state index contributed by atoms with van der Waals surface area (Å²) < 4.78 is 14.1. The fraction of sp³-hybridized carbons (Fsp3) is 0.591. The molecular formula is C22H27FO2. The Balaban J connectivity index is 1.71. The van der Waals surface area contributed by atoms with E-state index < -0.39 is 11.6 Å². The smallest absolute Gasteiger partial charge is 0.173 e. The maximum atomic E-state index is 14.1. The summed E-state index contributed by atoms with van der Waals surface area (Å²) in [6, 6.07) is 4.09. The number of halogens is 1. The second-order valence-electron chi connectivity index (χ2n) is 8.45. The van der Waals surface area contributed by atoms with Crippen molar-refractivity contribution in [1.82, 2.24) is 0 Å². The lowest BCUT2D eigenvalue weighted by Crippen LogP contribution is -2.52. The Morgan fingerprint density at radius 3 is 2.88 bits per heavy atom. The molecule has 0 heterocycles. The highest BCUT2D eigenvalue weighted by atomic mass is 19.1. The quantitative estimate of drug-likeness (QED) is 0.778. The van der Waals surface area contributed by atoms with E-state index in [0.29, 0.717) is 36.3 Å². The Labute approximate surface area is 149 Å². The third kappa shape index (κ3) is 2.46. The molecule has 1 aromatic carbocycles. The van der Waals surface area contributed by atoms with E-state index in [2.05, 4.69) is 12.6 Å². The summed E-state index contributed by atoms with van der Waals surface area (Å²) in [5.41, 5.74) is 3.06. The van der Waals surface area contributed by atoms with Gasteiger partial charge in [0.1, 0.15) is 5.75 Å². The number of aromatic hydroxyl groups is 1. The van der Waals surface area contributed by atoms with Crippen molar-refractivity contribution in [1.29, 1.82) is 0 Å². The van der Waals surface area contributed by atoms with Gasteiger partial charge in [0.25, 0.3) is 0 Å². The van der Waals surface area contributed by atoms with Crippen LogP contribution in [0.5, 0.6) is 5.75 Å². The molecule has 2 saturated carbocycles. The zero-order chi connectivity index (χ0) is 17.8. The second kappa shape index (κ2) is 5.96. The monoisotopic (exact) mass is 342 g/mol. The van der Waals surface area contributed by atoms with Crippen LogP contribution in [0.2, 0.25) is 0 Å². The fourth-order valence-electron chi connectivity index (χ4n) is 5.95. The molecule has 5 atom stereocenters. The third-order valence-electron chi connectivity index (χ3n) is 7.26. The Morgan fingerprint density at radius 2 is 2.12 bits per heavy atom. The Morgan fingerprint density at radius 1 is 1.32 bits per heavy atom. The first kappa shape index (κ1) is 16.8. The van der Waals surface area contributed by atoms with E-state index in [1.165, 1.54) is 11.1 Å². The molecule has 4 rings (SSSR count). The first-order chi connectivity index (χ1) is 12.0. The lowest BCUT2D eigenvalue weighted by Gasteiger charge is -2.53. The maximum Gasteiger partial charge on any atom is 0.173 e. The molecule has 0 radical (unpaired) electrons. The number of hydrogen-bond acceptors (Lipinski definition) is 2. The molecule has 1 aromatic rings. The molecule has 25 heavy (non-hydrogen) atoms. The Kier molecular flexibility index (Phi) is 4.01. The second-order valence-corrected chi connectivity index (χ2v) is 8.45. The number of ketones is 1. The van der Waals surface area contributed by atoms with Crippen LogP contribution in [-0.4, -0.2) is 17.1 Å². The highest BCUT2D eigenvalue weighted by Crippen LogP contribution is 2.59. The average molecular weight is 342 g/mol. The van der Waals surface area contributed by atoms with Crippen LogP contribution in [0.4, 0.5) is 4.39 Å². The van der Waals surface area contributed by atoms with Gasteiger partial charge >= 0.3 is 0 Å². The molecule has 0 saturated heterocycles. The van der Waals surface area contributed by atoms with Gasteiger partial charge in [0.05, 0.1) is 0 Å². The first-order valence-corrected chi connectivity index (χ1v) is 9.59. The molecule has 0 aliphatic heterocycles. The number of hydrogen-bond donors (Lipinski definition) is 1. The minimum atomic E-state index is -1.26. The summed E-state index contributed by atoms with van der Waals surface area (Å²) >= 11 is 0. The van der Waals surface area contributed by atoms with Crippen LogP contribution in [0.3, 0.4) is 0 Å². The van der Waals surface area contributed by atoms with Crippen LogP contribution in [-0.2, 0) is 17.6 Å². The highest BCUT2D eigenvalue weighted by Gasteiger charge is 2.55. The van der Waals surface area contributed by atoms with Gasteiger partial charge in [-0.2, -0.15) is 0 Å². The van der Waals surface area contributed by atoms with E-state index in [-0.39, 0.29) is 5.78 Å². The van der Waals surface area contributed by atoms with Gasteiger partial charge in [-0.15, -0.1) is 6.58 Å². The number of phenolic OH excluding ortho intramolecular Hbond substituents is 1. The van der Waals surface area contributed by atoms with Gasteiger partial charge in [-0.1, -0.05) is 19.1 Å². The maximum absolute atomic E-state index is 14.1. The van der Waals surface area contributed by atoms with Crippen molar-refractivity contribution in [3.05, 3.63) is 41.5 Å². The van der Waals surface area contributed by atoms with Crippen LogP contribution in [0.1, 0.15) is 61.6 Å². The minimum absolute atomic E-state index is 0.147. The standard InChI is InChI=1S/C22H27FO2/c1-3-4-14-11-17-13(12-20(14)24)5-6-16-15(17)9-10-22(2)18(16)7-8-19(23)21(22)25/h3,11-12,15-16,18-19,24H,1,4-10H2,2H3/t15-,16+,18-,19?,22-/m0/s1. The lowest BCUT2D eigenvalue weighted by atomic mass is 9.50. The van der Waals surface area contributed by atoms with Gasteiger partial charge in [-0.25, -0.2) is 4.39 Å². The van der Waals surface area contributed by atoms with E-state index in [0.717, 1.165) is 37.7 Å². The molecule has 0 spiro atoms. The summed E-state index contributed by atoms with van der Waals surface area (Å²) in [4.78, 5) is 12.6. The van der Waals surface area contributed by atoms with Crippen LogP contribution in [0.15, 0.2) is 24.8 Å². The molecular weight excluding hydrogens is 315 g/mol. The molecule has 3 aliphatic rings. The normalized spacial score (nSPS) is 37.0. The number of allylic oxidation sites excluding steroid dienone is 1. The molecule has 0 amide bonds. The van der Waals surface area contributed by atoms with E-state index in [9.17, 15) is 14.3 Å². The summed E-state index contributed by atoms with van der Waals surface area (Å²) in [7, 11) is 0. The molecule has 3 heteroatoms. The fourth-order valence-corrected chi connectivity index (χ4v) is 5.95. The van der Waals surface area contributed by atoms with Gasteiger partial charge < -0.3 is 5.11 Å². The van der Waals surface area contributed by atoms with Crippen LogP contribution in [0, 0.1) is 17.3 Å². The number of rotatable bonds is 2. The lowest BCUT2D eigenvalue weighted by molar-refractivity contribution is -0.147. The van der Waals surface area contributed by atoms with Crippen LogP contribution >= 0.6 is 0 Å². The van der Waals surface area contributed by atoms with E-state index in [1.807, 2.05) is 19.1 Å². The largest absolute Gasteiger partial charge is 0.508 e. The van der Waals surface area contributed by atoms with Crippen molar-refractivity contribution in [2.75, 3.05) is 0 Å². The van der Waals surface area contributed by atoms with Crippen LogP contribution in [0.25, 0.3) is 0 Å². The third-order valence-corrected chi connectivity index (χ3v) is 7.26. The van der Waals surface area contributed by atoms with Gasteiger partial charge in [-0.05, 0) is 85.5 Å². The van der Waals surface area contributed by atoms with Gasteiger partial charge in [-0.3, -0.25) is 4.79 Å². The summed E-state index contributed by atoms with van der Waals surface area (Å²) in [5, 5.41) is 10.3. The van der Waals surface area contributed by atoms with Gasteiger partial charge in [0, 0.05) is 5.41 Å². The van der Waals surface area contributed by atoms with Crippen molar-refractivity contribution in [2.24, 2.45) is 17.3 Å². The summed E-state index contributed by atoms with van der Waals surface area (Å²) in [6.07, 6.45) is 6.17. The van der Waals surface area contributed by atoms with Crippen molar-refractivity contribution in [3.8, 4) is 5.75 Å². The first-order valence-electron chi connectivity index (χ1n) is 9.59. The molecule has 1 N–H and O–H groups in total. The number of carbonyl (C=O) groups excluding carboxylic acids is 1. The average Bonchev–Trinajstić information content (AvgIpc) is 2.59. The Bertz CT molecular complexity index is 725. The summed E-state index contributed by atoms with van der Waals surface area (Å²) in [6.45, 7) is 5.80. The molecule has 134 valence electrons. The number of carbonyl (C=O) groups is 1. The topological polar surface area (TPSA) is 37.3 Å². The zero-order valence-corrected chi connectivity index (χ0v) is 14.9. The summed E-state index contributed by atoms with van der Waals surface area (Å²) in [5.74, 6) is 1.42. The Hall–Kier alpha value is -1.64. The van der Waals surface area contributed by atoms with Crippen molar-refractivity contribution >= 4 is 5.78 Å². The van der Waals surface area contributed by atoms with Crippen molar-refractivity contribution in [3.63, 3.8) is 0 Å². The molecule has 1 unspecified atom stereocenters. The number of Topliss-reactive ketones (excluding diaryl/α,β-unsaturated/α-hetero) is 1. The predicted octanol–water partition coefficient (Wildman–Crippen LogP) is 4.88. The molecule has 3 aliphatic carbocycles. The number of benzene rings is 1. The van der Waals surface area contributed by atoms with Crippen molar-refractivity contribution in [2.45, 2.75) is 64.0 Å². The molecule has 0 aromatic heterocycles. The van der Waals surface area contributed by atoms with Crippen molar-refractivity contribution < 1.29 is 14.3 Å². The van der Waals surface area contributed by atoms with Gasteiger partial charge in [0.2, 0.25) is 0 Å². The minimum Gasteiger partial charge on any atom is -0.508 e. The molecule has 0 bridgehead atoms. The van der Waals surface area contributed by atoms with Crippen LogP contribution < -0.4 is 0 Å². The predicted molar refractivity (Wildman–Crippen MR) is 96.5 cm³/mol. The number of fused-ring (bicyclic) bond motifs is 5. The van der Waals surface area contributed by atoms with E-state index in [1.54, 1.807) is 0 Å². The van der Waals surface area contributed by atoms with Gasteiger partial charge in [0.15, 0.2) is 12.0 Å². The van der Waals surface area contributed by atoms with E-state index in [4.69, 9.17) is 0 Å². The zero-order valence-electron chi connectivity index (χ0n) is 14.9. The number of phenols is 1. The number of aryl methyl sites for hydroxylation is 1. The highest BCUT2D eigenvalue weighted by molar-refractivity contribution is 5.89. The molecule has 2 fully saturated rings.